The van der Waals surface area contributed by atoms with Crippen LogP contribution in [0.2, 0.25) is 5.02 Å². The van der Waals surface area contributed by atoms with E-state index in [1.165, 1.54) is 37.7 Å². The number of amides is 1. The van der Waals surface area contributed by atoms with Gasteiger partial charge in [-0.2, -0.15) is 5.10 Å². The fraction of sp³-hybridized carbons (Fsp3) is 0.320. The van der Waals surface area contributed by atoms with Crippen molar-refractivity contribution in [3.8, 4) is 5.75 Å². The van der Waals surface area contributed by atoms with E-state index in [0.717, 1.165) is 4.57 Å². The highest BCUT2D eigenvalue weighted by Crippen LogP contribution is 2.41. The summed E-state index contributed by atoms with van der Waals surface area (Å²) >= 11 is 6.53. The van der Waals surface area contributed by atoms with Gasteiger partial charge >= 0.3 is 0 Å². The fourth-order valence-corrected chi connectivity index (χ4v) is 4.80. The topological polar surface area (TPSA) is 137 Å². The molecule has 0 aliphatic carbocycles. The number of aromatic nitrogens is 5. The fourth-order valence-electron chi connectivity index (χ4n) is 4.56. The molecule has 0 saturated carbocycles. The summed E-state index contributed by atoms with van der Waals surface area (Å²) in [5.74, 6) is -2.81. The quantitative estimate of drug-likeness (QED) is 0.346. The van der Waals surface area contributed by atoms with Crippen molar-refractivity contribution in [1.29, 1.82) is 0 Å². The van der Waals surface area contributed by atoms with E-state index in [4.69, 9.17) is 20.9 Å². The van der Waals surface area contributed by atoms with Crippen molar-refractivity contribution in [3.63, 3.8) is 0 Å². The van der Waals surface area contributed by atoms with Gasteiger partial charge in [0.15, 0.2) is 5.69 Å². The first-order chi connectivity index (χ1) is 18.2. The number of hydrogen-bond acceptors (Lipinski definition) is 8. The molecule has 3 aromatic heterocycles. The molecule has 2 N–H and O–H groups in total. The number of benzene rings is 1. The molecule has 0 radical (unpaired) electrons. The Kier molecular flexibility index (Phi) is 7.00. The van der Waals surface area contributed by atoms with Gasteiger partial charge in [-0.05, 0) is 29.3 Å². The zero-order valence-corrected chi connectivity index (χ0v) is 21.2. The largest absolute Gasteiger partial charge is 0.501 e. The van der Waals surface area contributed by atoms with E-state index in [0.29, 0.717) is 41.8 Å². The molecule has 11 nitrogen and oxygen atoms in total. The molecule has 0 spiro atoms. The van der Waals surface area contributed by atoms with Crippen LogP contribution in [0.15, 0.2) is 52.4 Å². The number of anilines is 1. The summed E-state index contributed by atoms with van der Waals surface area (Å²) < 4.78 is 27.3. The molecule has 13 heteroatoms. The molecule has 2 atom stereocenters. The van der Waals surface area contributed by atoms with Gasteiger partial charge in [-0.1, -0.05) is 23.7 Å². The Balaban J connectivity index is 1.58. The lowest BCUT2D eigenvalue weighted by Crippen LogP contribution is -2.31. The number of carbonyl (C=O) groups excluding carboxylic acids is 1. The minimum atomic E-state index is -0.826. The van der Waals surface area contributed by atoms with Crippen molar-refractivity contribution >= 4 is 23.2 Å². The zero-order valence-electron chi connectivity index (χ0n) is 20.5. The lowest BCUT2D eigenvalue weighted by atomic mass is 9.82. The number of halogens is 2. The van der Waals surface area contributed by atoms with Gasteiger partial charge in [0.25, 0.3) is 11.5 Å². The van der Waals surface area contributed by atoms with Crippen molar-refractivity contribution in [2.75, 3.05) is 18.5 Å². The van der Waals surface area contributed by atoms with E-state index in [9.17, 15) is 19.1 Å². The second-order valence-electron chi connectivity index (χ2n) is 9.23. The van der Waals surface area contributed by atoms with Gasteiger partial charge in [0.05, 0.1) is 25.6 Å². The van der Waals surface area contributed by atoms with Crippen LogP contribution in [0.1, 0.15) is 46.2 Å². The maximum absolute atomic E-state index is 14.4. The Hall–Kier alpha value is -4.03. The predicted octanol–water partition coefficient (Wildman–Crippen LogP) is 3.30. The van der Waals surface area contributed by atoms with Crippen molar-refractivity contribution in [3.05, 3.63) is 86.9 Å². The summed E-state index contributed by atoms with van der Waals surface area (Å²) in [6, 6.07) is 4.05. The Morgan fingerprint density at radius 3 is 2.82 bits per heavy atom. The molecule has 4 aromatic rings. The van der Waals surface area contributed by atoms with Gasteiger partial charge in [0, 0.05) is 42.6 Å². The van der Waals surface area contributed by atoms with Gasteiger partial charge in [-0.3, -0.25) is 18.8 Å². The van der Waals surface area contributed by atoms with Crippen LogP contribution in [-0.4, -0.2) is 48.7 Å². The van der Waals surface area contributed by atoms with Crippen LogP contribution in [0.25, 0.3) is 0 Å². The van der Waals surface area contributed by atoms with E-state index in [1.807, 2.05) is 6.20 Å². The van der Waals surface area contributed by atoms with Crippen LogP contribution in [0, 0.1) is 11.7 Å². The summed E-state index contributed by atoms with van der Waals surface area (Å²) in [4.78, 5) is 30.2. The first-order valence-electron chi connectivity index (χ1n) is 11.8. The van der Waals surface area contributed by atoms with Crippen LogP contribution >= 0.6 is 11.6 Å². The van der Waals surface area contributed by atoms with Crippen molar-refractivity contribution in [2.24, 2.45) is 13.0 Å². The molecule has 1 amide bonds. The molecule has 1 aliphatic heterocycles. The molecular formula is C25H24ClFN6O5. The zero-order chi connectivity index (χ0) is 27.0. The molecule has 1 aromatic carbocycles. The summed E-state index contributed by atoms with van der Waals surface area (Å²) in [7, 11) is 1.44. The standard InChI is InChI=1S/C25H24ClFN6O5/c1-13(23-31-21(22(34)25(36)32(23)2)24(35)30-17-7-29-38-12-17)20(18-5-16(27)3-4-19(18)26)15-6-28-33(9-15)8-14-10-37-11-14/h3-7,9,12-14,20,34H,8,10-11H2,1-2H3,(H,30,35)/t13-,20+/m0/s1. The van der Waals surface area contributed by atoms with E-state index in [-0.39, 0.29) is 11.5 Å². The Morgan fingerprint density at radius 1 is 1.34 bits per heavy atom. The second-order valence-corrected chi connectivity index (χ2v) is 9.64. The number of nitrogens with zero attached hydrogens (tertiary/aromatic N) is 5. The molecule has 4 heterocycles. The van der Waals surface area contributed by atoms with Gasteiger partial charge in [0.2, 0.25) is 5.75 Å². The molecule has 1 fully saturated rings. The summed E-state index contributed by atoms with van der Waals surface area (Å²) in [5.41, 5.74) is 0.106. The normalized spacial score (nSPS) is 15.2. The number of ether oxygens (including phenoxy) is 1. The minimum absolute atomic E-state index is 0.175. The number of nitrogens with one attached hydrogen (secondary N) is 1. The third-order valence-electron chi connectivity index (χ3n) is 6.57. The summed E-state index contributed by atoms with van der Waals surface area (Å²) in [6.07, 6.45) is 5.96. The van der Waals surface area contributed by atoms with Gasteiger partial charge in [-0.15, -0.1) is 0 Å². The molecule has 1 aliphatic rings. The van der Waals surface area contributed by atoms with Gasteiger partial charge in [0.1, 0.15) is 23.6 Å². The number of rotatable bonds is 8. The Morgan fingerprint density at radius 2 is 2.13 bits per heavy atom. The molecule has 198 valence electrons. The van der Waals surface area contributed by atoms with E-state index < -0.39 is 40.6 Å². The van der Waals surface area contributed by atoms with Crippen molar-refractivity contribution < 1.29 is 23.6 Å². The Labute approximate surface area is 220 Å². The number of hydrogen-bond donors (Lipinski definition) is 2. The highest BCUT2D eigenvalue weighted by molar-refractivity contribution is 6.31. The SMILES string of the molecule is C[C@H](c1nc(C(=O)Nc2cnoc2)c(O)c(=O)n1C)[C@H](c1cnn(CC2COC2)c1)c1cc(F)ccc1Cl. The monoisotopic (exact) mass is 542 g/mol. The highest BCUT2D eigenvalue weighted by Gasteiger charge is 2.32. The summed E-state index contributed by atoms with van der Waals surface area (Å²) in [6.45, 7) is 3.75. The molecule has 5 rings (SSSR count). The second kappa shape index (κ2) is 10.4. The number of carbonyl (C=O) groups is 1. The first kappa shape index (κ1) is 25.6. The van der Waals surface area contributed by atoms with Gasteiger partial charge in [-0.25, -0.2) is 9.37 Å². The van der Waals surface area contributed by atoms with Crippen molar-refractivity contribution in [2.45, 2.75) is 25.3 Å². The maximum Gasteiger partial charge on any atom is 0.296 e. The number of aromatic hydroxyl groups is 1. The molecular weight excluding hydrogens is 519 g/mol. The summed E-state index contributed by atoms with van der Waals surface area (Å²) in [5, 5.41) is 21.2. The minimum Gasteiger partial charge on any atom is -0.501 e. The Bertz CT molecular complexity index is 1530. The van der Waals surface area contributed by atoms with E-state index >= 15 is 0 Å². The molecule has 1 saturated heterocycles. The smallest absolute Gasteiger partial charge is 0.296 e. The molecule has 0 unspecified atom stereocenters. The maximum atomic E-state index is 14.4. The average molecular weight is 543 g/mol. The van der Waals surface area contributed by atoms with Crippen LogP contribution in [0.5, 0.6) is 5.75 Å². The van der Waals surface area contributed by atoms with Crippen LogP contribution < -0.4 is 10.9 Å². The van der Waals surface area contributed by atoms with E-state index in [2.05, 4.69) is 20.6 Å². The average Bonchev–Trinajstić information content (AvgIpc) is 3.54. The highest BCUT2D eigenvalue weighted by atomic mass is 35.5. The molecule has 38 heavy (non-hydrogen) atoms. The lowest BCUT2D eigenvalue weighted by Gasteiger charge is -2.27. The van der Waals surface area contributed by atoms with Gasteiger partial charge < -0.3 is 19.7 Å². The van der Waals surface area contributed by atoms with Crippen molar-refractivity contribution in [1.82, 2.24) is 24.5 Å². The molecule has 0 bridgehead atoms. The lowest BCUT2D eigenvalue weighted by molar-refractivity contribution is -0.0408. The van der Waals surface area contributed by atoms with Crippen LogP contribution in [0.3, 0.4) is 0 Å². The third kappa shape index (κ3) is 4.92. The third-order valence-corrected chi connectivity index (χ3v) is 6.92. The van der Waals surface area contributed by atoms with Crippen LogP contribution in [0.4, 0.5) is 10.1 Å². The van der Waals surface area contributed by atoms with E-state index in [1.54, 1.807) is 17.8 Å². The predicted molar refractivity (Wildman–Crippen MR) is 134 cm³/mol. The van der Waals surface area contributed by atoms with Crippen LogP contribution in [-0.2, 0) is 18.3 Å². The first-order valence-corrected chi connectivity index (χ1v) is 12.2.